The van der Waals surface area contributed by atoms with E-state index in [0.29, 0.717) is 24.4 Å². The number of rotatable bonds is 7. The number of hydrogen-bond donors (Lipinski definition) is 1. The zero-order valence-corrected chi connectivity index (χ0v) is 17.7. The van der Waals surface area contributed by atoms with Crippen molar-refractivity contribution in [2.24, 2.45) is 5.92 Å². The first-order valence-electron chi connectivity index (χ1n) is 9.85. The van der Waals surface area contributed by atoms with Crippen molar-refractivity contribution in [3.8, 4) is 11.8 Å². The van der Waals surface area contributed by atoms with E-state index in [9.17, 15) is 13.2 Å². The van der Waals surface area contributed by atoms with E-state index in [4.69, 9.17) is 10.00 Å². The van der Waals surface area contributed by atoms with Gasteiger partial charge in [0, 0.05) is 19.6 Å². The molecule has 2 aromatic carbocycles. The number of nitrogens with one attached hydrogen (secondary N) is 1. The number of piperidine rings is 1. The van der Waals surface area contributed by atoms with Gasteiger partial charge in [0.05, 0.1) is 10.5 Å². The minimum absolute atomic E-state index is 0.0364. The van der Waals surface area contributed by atoms with E-state index < -0.39 is 10.0 Å². The van der Waals surface area contributed by atoms with Crippen LogP contribution in [0, 0.1) is 24.2 Å². The predicted octanol–water partition coefficient (Wildman–Crippen LogP) is 2.46. The van der Waals surface area contributed by atoms with E-state index in [1.807, 2.05) is 13.0 Å². The van der Waals surface area contributed by atoms with Crippen molar-refractivity contribution in [2.75, 3.05) is 26.2 Å². The maximum Gasteiger partial charge on any atom is 0.260 e. The van der Waals surface area contributed by atoms with Crippen LogP contribution in [-0.2, 0) is 14.8 Å². The van der Waals surface area contributed by atoms with Gasteiger partial charge in [0.15, 0.2) is 6.61 Å². The molecule has 0 aliphatic carbocycles. The molecule has 8 heteroatoms. The molecule has 158 valence electrons. The third-order valence-electron chi connectivity index (χ3n) is 5.12. The molecular formula is C22H25N3O4S. The summed E-state index contributed by atoms with van der Waals surface area (Å²) in [6, 6.07) is 15.5. The Kier molecular flexibility index (Phi) is 7.08. The number of ether oxygens (including phenoxy) is 1. The number of aryl methyl sites for hydroxylation is 1. The first-order valence-corrected chi connectivity index (χ1v) is 11.3. The largest absolute Gasteiger partial charge is 0.482 e. The van der Waals surface area contributed by atoms with Crippen LogP contribution in [0.1, 0.15) is 24.0 Å². The van der Waals surface area contributed by atoms with Gasteiger partial charge < -0.3 is 9.64 Å². The quantitative estimate of drug-likeness (QED) is 0.732. The minimum atomic E-state index is -3.58. The van der Waals surface area contributed by atoms with Gasteiger partial charge in [0.1, 0.15) is 11.8 Å². The normalized spacial score (nSPS) is 16.7. The number of likely N-dealkylation sites (tertiary alicyclic amines) is 1. The Hall–Kier alpha value is -2.89. The lowest BCUT2D eigenvalue weighted by Crippen LogP contribution is -2.45. The summed E-state index contributed by atoms with van der Waals surface area (Å²) < 4.78 is 33.2. The van der Waals surface area contributed by atoms with Gasteiger partial charge in [-0.1, -0.05) is 29.8 Å². The molecule has 0 aromatic heterocycles. The van der Waals surface area contributed by atoms with Crippen LogP contribution < -0.4 is 9.46 Å². The molecule has 0 radical (unpaired) electrons. The average molecular weight is 428 g/mol. The van der Waals surface area contributed by atoms with Gasteiger partial charge in [0.25, 0.3) is 5.91 Å². The first-order chi connectivity index (χ1) is 14.4. The van der Waals surface area contributed by atoms with Crippen LogP contribution >= 0.6 is 0 Å². The van der Waals surface area contributed by atoms with Crippen molar-refractivity contribution >= 4 is 15.9 Å². The molecule has 0 spiro atoms. The van der Waals surface area contributed by atoms with E-state index in [0.717, 1.165) is 18.4 Å². The fourth-order valence-corrected chi connectivity index (χ4v) is 4.52. The molecule has 2 aromatic rings. The number of para-hydroxylation sites is 1. The third kappa shape index (κ3) is 5.59. The Bertz CT molecular complexity index is 1030. The summed E-state index contributed by atoms with van der Waals surface area (Å²) in [4.78, 5) is 14.5. The molecule has 0 bridgehead atoms. The summed E-state index contributed by atoms with van der Waals surface area (Å²) in [5, 5.41) is 9.11. The molecule has 1 unspecified atom stereocenters. The van der Waals surface area contributed by atoms with Gasteiger partial charge in [-0.3, -0.25) is 4.79 Å². The van der Waals surface area contributed by atoms with E-state index >= 15 is 0 Å². The Morgan fingerprint density at radius 1 is 1.23 bits per heavy atom. The fourth-order valence-electron chi connectivity index (χ4n) is 3.40. The lowest BCUT2D eigenvalue weighted by molar-refractivity contribution is -0.135. The fraction of sp³-hybridized carbons (Fsp3) is 0.364. The Morgan fingerprint density at radius 3 is 2.70 bits per heavy atom. The Labute approximate surface area is 177 Å². The van der Waals surface area contributed by atoms with Crippen LogP contribution in [0.15, 0.2) is 53.4 Å². The van der Waals surface area contributed by atoms with E-state index in [1.165, 1.54) is 0 Å². The topological polar surface area (TPSA) is 99.5 Å². The molecule has 1 saturated heterocycles. The zero-order chi connectivity index (χ0) is 21.6. The second-order valence-electron chi connectivity index (χ2n) is 7.41. The second-order valence-corrected chi connectivity index (χ2v) is 9.18. The standard InChI is InChI=1S/C22H25N3O4S/c1-17-8-10-20(11-9-17)30(27,28)24-14-18-5-4-12-25(15-18)22(26)16-29-21-7-3-2-6-19(21)13-23/h2-3,6-11,18,24H,4-5,12,14-16H2,1H3. The molecule has 1 atom stereocenters. The SMILES string of the molecule is Cc1ccc(S(=O)(=O)NCC2CCCN(C(=O)COc3ccccc3C#N)C2)cc1. The monoisotopic (exact) mass is 427 g/mol. The molecule has 1 fully saturated rings. The highest BCUT2D eigenvalue weighted by Gasteiger charge is 2.25. The minimum Gasteiger partial charge on any atom is -0.482 e. The molecule has 3 rings (SSSR count). The lowest BCUT2D eigenvalue weighted by Gasteiger charge is -2.32. The maximum absolute atomic E-state index is 12.6. The maximum atomic E-state index is 12.6. The van der Waals surface area contributed by atoms with Crippen molar-refractivity contribution in [3.63, 3.8) is 0 Å². The molecule has 30 heavy (non-hydrogen) atoms. The number of hydrogen-bond acceptors (Lipinski definition) is 5. The van der Waals surface area contributed by atoms with Crippen LogP contribution in [0.4, 0.5) is 0 Å². The van der Waals surface area contributed by atoms with Crippen LogP contribution in [0.3, 0.4) is 0 Å². The van der Waals surface area contributed by atoms with Gasteiger partial charge >= 0.3 is 0 Å². The van der Waals surface area contributed by atoms with Crippen LogP contribution in [-0.4, -0.2) is 45.5 Å². The van der Waals surface area contributed by atoms with Crippen LogP contribution in [0.25, 0.3) is 0 Å². The number of nitrogens with zero attached hydrogens (tertiary/aromatic N) is 2. The van der Waals surface area contributed by atoms with Gasteiger partial charge in [-0.25, -0.2) is 13.1 Å². The molecule has 1 heterocycles. The average Bonchev–Trinajstić information content (AvgIpc) is 2.77. The number of carbonyl (C=O) groups excluding carboxylic acids is 1. The number of nitriles is 1. The molecule has 1 amide bonds. The van der Waals surface area contributed by atoms with Gasteiger partial charge in [-0.05, 0) is 49.9 Å². The number of benzene rings is 2. The van der Waals surface area contributed by atoms with Crippen LogP contribution in [0.2, 0.25) is 0 Å². The third-order valence-corrected chi connectivity index (χ3v) is 6.56. The summed E-state index contributed by atoms with van der Waals surface area (Å²) in [5.74, 6) is 0.246. The van der Waals surface area contributed by atoms with E-state index in [1.54, 1.807) is 53.4 Å². The molecule has 0 saturated carbocycles. The van der Waals surface area contributed by atoms with Crippen LogP contribution in [0.5, 0.6) is 5.75 Å². The highest BCUT2D eigenvalue weighted by atomic mass is 32.2. The zero-order valence-electron chi connectivity index (χ0n) is 16.9. The summed E-state index contributed by atoms with van der Waals surface area (Å²) in [7, 11) is -3.58. The summed E-state index contributed by atoms with van der Waals surface area (Å²) in [5.41, 5.74) is 1.38. The number of carbonyl (C=O) groups is 1. The summed E-state index contributed by atoms with van der Waals surface area (Å²) in [6.45, 7) is 3.11. The van der Waals surface area contributed by atoms with Crippen molar-refractivity contribution in [1.82, 2.24) is 9.62 Å². The van der Waals surface area contributed by atoms with Gasteiger partial charge in [-0.15, -0.1) is 0 Å². The smallest absolute Gasteiger partial charge is 0.260 e. The first kappa shape index (κ1) is 21.8. The molecule has 1 N–H and O–H groups in total. The molecule has 1 aliphatic heterocycles. The predicted molar refractivity (Wildman–Crippen MR) is 112 cm³/mol. The second kappa shape index (κ2) is 9.74. The molecule has 7 nitrogen and oxygen atoms in total. The highest BCUT2D eigenvalue weighted by molar-refractivity contribution is 7.89. The Balaban J connectivity index is 1.53. The van der Waals surface area contributed by atoms with Gasteiger partial charge in [-0.2, -0.15) is 5.26 Å². The molecular weight excluding hydrogens is 402 g/mol. The Morgan fingerprint density at radius 2 is 1.97 bits per heavy atom. The highest BCUT2D eigenvalue weighted by Crippen LogP contribution is 2.19. The van der Waals surface area contributed by atoms with Crippen molar-refractivity contribution < 1.29 is 17.9 Å². The number of amides is 1. The van der Waals surface area contributed by atoms with Crippen molar-refractivity contribution in [3.05, 3.63) is 59.7 Å². The lowest BCUT2D eigenvalue weighted by atomic mass is 9.98. The summed E-state index contributed by atoms with van der Waals surface area (Å²) in [6.07, 6.45) is 1.65. The van der Waals surface area contributed by atoms with E-state index in [-0.39, 0.29) is 29.9 Å². The number of sulfonamides is 1. The van der Waals surface area contributed by atoms with Gasteiger partial charge in [0.2, 0.25) is 10.0 Å². The van der Waals surface area contributed by atoms with Crippen molar-refractivity contribution in [2.45, 2.75) is 24.7 Å². The molecule has 1 aliphatic rings. The van der Waals surface area contributed by atoms with Crippen molar-refractivity contribution in [1.29, 1.82) is 5.26 Å². The van der Waals surface area contributed by atoms with E-state index in [2.05, 4.69) is 4.72 Å². The summed E-state index contributed by atoms with van der Waals surface area (Å²) >= 11 is 0.